The van der Waals surface area contributed by atoms with Gasteiger partial charge in [0, 0.05) is 72.7 Å². The minimum Gasteiger partial charge on any atom is -0.744 e. The second-order valence-corrected chi connectivity index (χ2v) is 17.1. The van der Waals surface area contributed by atoms with E-state index in [1.165, 1.54) is 36.4 Å². The lowest BCUT2D eigenvalue weighted by atomic mass is 9.81. The van der Waals surface area contributed by atoms with Gasteiger partial charge in [-0.2, -0.15) is 13.0 Å². The third-order valence-corrected chi connectivity index (χ3v) is 11.7. The van der Waals surface area contributed by atoms with E-state index in [2.05, 4.69) is 10.2 Å². The van der Waals surface area contributed by atoms with Crippen molar-refractivity contribution in [3.8, 4) is 0 Å². The number of amides is 3. The van der Waals surface area contributed by atoms with E-state index >= 15 is 0 Å². The number of nitrogens with one attached hydrogen (secondary N) is 1. The van der Waals surface area contributed by atoms with Crippen LogP contribution in [0.2, 0.25) is 0 Å². The molecule has 3 aliphatic rings. The van der Waals surface area contributed by atoms with Crippen LogP contribution in [0.5, 0.6) is 0 Å². The minimum atomic E-state index is -4.60. The van der Waals surface area contributed by atoms with Gasteiger partial charge < -0.3 is 14.8 Å². The summed E-state index contributed by atoms with van der Waals surface area (Å²) in [7, 11) is -7.15. The van der Waals surface area contributed by atoms with Crippen molar-refractivity contribution in [3.05, 3.63) is 95.8 Å². The molecule has 5 rings (SSSR count). The number of imide groups is 1. The Morgan fingerprint density at radius 2 is 1.51 bits per heavy atom. The lowest BCUT2D eigenvalue weighted by molar-refractivity contribution is -0.401. The average Bonchev–Trinajstić information content (AvgIpc) is 3.58. The fourth-order valence-electron chi connectivity index (χ4n) is 7.16. The molecule has 3 aliphatic heterocycles. The second kappa shape index (κ2) is 15.0. The maximum Gasteiger partial charge on any atom is 0.294 e. The van der Waals surface area contributed by atoms with Crippen LogP contribution < -0.4 is 10.2 Å². The molecule has 2 aromatic rings. The average molecular weight is 765 g/mol. The molecule has 15 heteroatoms. The van der Waals surface area contributed by atoms with Crippen molar-refractivity contribution in [2.24, 2.45) is 0 Å². The summed E-state index contributed by atoms with van der Waals surface area (Å²) in [6.07, 6.45) is 14.3. The number of carbonyl (C=O) groups excluding carboxylic acids is 3. The number of benzene rings is 2. The monoisotopic (exact) mass is 764 g/mol. The Morgan fingerprint density at radius 3 is 2.17 bits per heavy atom. The van der Waals surface area contributed by atoms with Crippen molar-refractivity contribution in [3.63, 3.8) is 0 Å². The predicted molar refractivity (Wildman–Crippen MR) is 199 cm³/mol. The number of fused-ring (bicyclic) bond motifs is 2. The number of nitrogens with zero attached hydrogens (tertiary/aromatic N) is 3. The van der Waals surface area contributed by atoms with Gasteiger partial charge in [0.25, 0.3) is 21.9 Å². The Balaban J connectivity index is 1.27. The topological polar surface area (TPSA) is 184 Å². The summed E-state index contributed by atoms with van der Waals surface area (Å²) in [6, 6.07) is 8.98. The Labute approximate surface area is 310 Å². The quantitative estimate of drug-likeness (QED) is 0.0928. The first-order valence-electron chi connectivity index (χ1n) is 17.2. The van der Waals surface area contributed by atoms with Gasteiger partial charge in [0.2, 0.25) is 11.6 Å². The van der Waals surface area contributed by atoms with E-state index in [0.717, 1.165) is 51.7 Å². The summed E-state index contributed by atoms with van der Waals surface area (Å²) in [5.41, 5.74) is 3.73. The molecule has 0 fully saturated rings. The second-order valence-electron chi connectivity index (χ2n) is 14.3. The number of rotatable bonds is 14. The van der Waals surface area contributed by atoms with E-state index in [1.807, 2.05) is 69.7 Å². The van der Waals surface area contributed by atoms with Crippen LogP contribution in [0.1, 0.15) is 64.5 Å². The number of hydrogen-bond acceptors (Lipinski definition) is 9. The van der Waals surface area contributed by atoms with Crippen LogP contribution >= 0.6 is 0 Å². The van der Waals surface area contributed by atoms with Gasteiger partial charge in [0.1, 0.15) is 17.2 Å². The predicted octanol–water partition coefficient (Wildman–Crippen LogP) is 4.24. The number of anilines is 1. The zero-order valence-corrected chi connectivity index (χ0v) is 32.0. The highest BCUT2D eigenvalue weighted by Gasteiger charge is 2.43. The molecule has 2 aromatic carbocycles. The van der Waals surface area contributed by atoms with E-state index in [9.17, 15) is 40.3 Å². The fraction of sp³-hybridized carbons (Fsp3) is 0.368. The molecule has 0 atom stereocenters. The van der Waals surface area contributed by atoms with Gasteiger partial charge in [0.05, 0.1) is 15.2 Å². The zero-order valence-electron chi connectivity index (χ0n) is 30.3. The van der Waals surface area contributed by atoms with E-state index in [4.69, 9.17) is 0 Å². The summed E-state index contributed by atoms with van der Waals surface area (Å²) in [4.78, 5) is 38.5. The molecule has 13 nitrogen and oxygen atoms in total. The molecule has 0 bridgehead atoms. The van der Waals surface area contributed by atoms with Crippen molar-refractivity contribution < 1.29 is 44.9 Å². The maximum absolute atomic E-state index is 12.4. The Kier molecular flexibility index (Phi) is 11.2. The molecule has 2 N–H and O–H groups in total. The van der Waals surface area contributed by atoms with Gasteiger partial charge in [-0.25, -0.2) is 8.42 Å². The van der Waals surface area contributed by atoms with Gasteiger partial charge >= 0.3 is 0 Å². The van der Waals surface area contributed by atoms with Crippen molar-refractivity contribution in [2.75, 3.05) is 31.6 Å². The summed E-state index contributed by atoms with van der Waals surface area (Å²) in [6.45, 7) is 8.77. The summed E-state index contributed by atoms with van der Waals surface area (Å²) >= 11 is 0. The molecular weight excluding hydrogens is 721 g/mol. The molecule has 282 valence electrons. The van der Waals surface area contributed by atoms with E-state index in [0.29, 0.717) is 13.0 Å². The van der Waals surface area contributed by atoms with Crippen LogP contribution in [0, 0.1) is 0 Å². The third-order valence-electron chi connectivity index (χ3n) is 10.0. The molecule has 0 aromatic heterocycles. The summed E-state index contributed by atoms with van der Waals surface area (Å²) < 4.78 is 70.8. The summed E-state index contributed by atoms with van der Waals surface area (Å²) in [5, 5.41) is 2.75. The normalized spacial score (nSPS) is 18.7. The molecule has 0 unspecified atom stereocenters. The Hall–Kier alpha value is -4.70. The van der Waals surface area contributed by atoms with Gasteiger partial charge in [-0.1, -0.05) is 38.5 Å². The highest BCUT2D eigenvalue weighted by Crippen LogP contribution is 2.48. The zero-order chi connectivity index (χ0) is 38.9. The maximum atomic E-state index is 12.4. The highest BCUT2D eigenvalue weighted by molar-refractivity contribution is 7.86. The molecule has 3 amide bonds. The third kappa shape index (κ3) is 8.28. The Bertz CT molecular complexity index is 2210. The van der Waals surface area contributed by atoms with Crippen LogP contribution in [0.3, 0.4) is 0 Å². The molecule has 3 heterocycles. The van der Waals surface area contributed by atoms with Gasteiger partial charge in [0.15, 0.2) is 5.71 Å². The molecule has 0 aliphatic carbocycles. The first kappa shape index (κ1) is 39.5. The van der Waals surface area contributed by atoms with Crippen LogP contribution in [-0.2, 0) is 45.4 Å². The van der Waals surface area contributed by atoms with E-state index in [-0.39, 0.29) is 35.2 Å². The molecule has 0 saturated carbocycles. The fourth-order valence-corrected chi connectivity index (χ4v) is 8.17. The first-order valence-corrected chi connectivity index (χ1v) is 20.1. The van der Waals surface area contributed by atoms with Gasteiger partial charge in [-0.05, 0) is 68.7 Å². The molecule has 53 heavy (non-hydrogen) atoms. The minimum absolute atomic E-state index is 0.112. The smallest absolute Gasteiger partial charge is 0.294 e. The van der Waals surface area contributed by atoms with Gasteiger partial charge in [-0.3, -0.25) is 23.8 Å². The number of unbranched alkanes of at least 4 members (excludes halogenated alkanes) is 2. The van der Waals surface area contributed by atoms with Crippen LogP contribution in [-0.4, -0.2) is 85.5 Å². The van der Waals surface area contributed by atoms with E-state index < -0.39 is 42.9 Å². The number of hydrogen-bond donors (Lipinski definition) is 2. The highest BCUT2D eigenvalue weighted by atomic mass is 32.2. The molecule has 0 saturated heterocycles. The van der Waals surface area contributed by atoms with Gasteiger partial charge in [-0.15, -0.1) is 0 Å². The standard InChI is InChI=1S/C38H44N4O9S2/c1-37(2)28-24-26(52(46,47)48)15-17-30(28)40(5)32(37)12-8-6-9-13-33-38(3,4)29-25-27(53(49,50)51)16-18-31(29)41(33)22-11-7-10-14-34(43)39-21-23-42-35(44)19-20-36(42)45/h6,8-9,12-13,15-20,24-25H,7,10-11,14,21-23H2,1-5H3,(H2-,39,43,46,47,48,49,50,51). The molecule has 0 radical (unpaired) electrons. The first-order chi connectivity index (χ1) is 24.7. The van der Waals surface area contributed by atoms with Crippen LogP contribution in [0.25, 0.3) is 0 Å². The van der Waals surface area contributed by atoms with Crippen LogP contribution in [0.4, 0.5) is 11.4 Å². The lowest BCUT2D eigenvalue weighted by Crippen LogP contribution is -2.38. The van der Waals surface area contributed by atoms with Crippen molar-refractivity contribution in [2.45, 2.75) is 74.0 Å². The van der Waals surface area contributed by atoms with Crippen molar-refractivity contribution >= 4 is 55.0 Å². The van der Waals surface area contributed by atoms with Crippen LogP contribution in [0.15, 0.2) is 94.4 Å². The SMILES string of the molecule is C[N+]1=C(/C=C/C=C/C=C2/N(CCCCCC(=O)NCCN3C(=O)C=CC3=O)c3ccc(S(=O)(=O)O)cc3C2(C)C)C(C)(C)c2cc(S(=O)(=O)[O-])ccc21. The summed E-state index contributed by atoms with van der Waals surface area (Å²) in [5.74, 6) is -0.956. The number of allylic oxidation sites excluding steroid dienone is 6. The lowest BCUT2D eigenvalue weighted by Gasteiger charge is -2.27. The van der Waals surface area contributed by atoms with E-state index in [1.54, 1.807) is 12.1 Å². The van der Waals surface area contributed by atoms with Crippen molar-refractivity contribution in [1.82, 2.24) is 10.2 Å². The largest absolute Gasteiger partial charge is 0.744 e. The van der Waals surface area contributed by atoms with Crippen molar-refractivity contribution in [1.29, 1.82) is 0 Å². The molecule has 0 spiro atoms. The Morgan fingerprint density at radius 1 is 0.849 bits per heavy atom. The molecular formula is C38H44N4O9S2. The number of carbonyl (C=O) groups is 3.